The predicted molar refractivity (Wildman–Crippen MR) is 393 cm³/mol. The highest BCUT2D eigenvalue weighted by atomic mass is 32.1. The summed E-state index contributed by atoms with van der Waals surface area (Å²) in [6.45, 7) is 3.26. The summed E-state index contributed by atoms with van der Waals surface area (Å²) in [4.78, 5) is 220. The number of fused-ring (bicyclic) bond motifs is 1. The lowest BCUT2D eigenvalue weighted by Crippen LogP contribution is -2.61. The molecule has 0 spiro atoms. The lowest BCUT2D eigenvalue weighted by Gasteiger charge is -2.33. The third kappa shape index (κ3) is 26.5. The Kier molecular flexibility index (Phi) is 36.0. The van der Waals surface area contributed by atoms with Gasteiger partial charge < -0.3 is 105 Å². The Hall–Kier alpha value is -9.89. The Morgan fingerprint density at radius 1 is 0.704 bits per heavy atom. The van der Waals surface area contributed by atoms with Crippen molar-refractivity contribution in [3.8, 4) is 5.75 Å². The molecule has 108 heavy (non-hydrogen) atoms. The number of ether oxygens (including phenoxy) is 1. The van der Waals surface area contributed by atoms with E-state index in [1.54, 1.807) is 44.2 Å². The number of likely N-dealkylation sites (tertiary alicyclic amines) is 1. The van der Waals surface area contributed by atoms with Crippen LogP contribution in [0.2, 0.25) is 0 Å². The van der Waals surface area contributed by atoms with Gasteiger partial charge in [0.15, 0.2) is 24.1 Å². The molecule has 0 bridgehead atoms. The van der Waals surface area contributed by atoms with Crippen molar-refractivity contribution in [3.05, 3.63) is 65.5 Å². The minimum absolute atomic E-state index is 0.0111. The number of likely N-dealkylation sites (N-methyl/N-ethyl adjacent to an activating group) is 1. The molecule has 3 saturated heterocycles. The highest BCUT2D eigenvalue weighted by Gasteiger charge is 2.44. The number of aliphatic carboxylic acids is 1. The number of hydrogen-bond donors (Lipinski definition) is 18. The van der Waals surface area contributed by atoms with Crippen molar-refractivity contribution in [1.29, 1.82) is 0 Å². The molecular weight excluding hydrogens is 1450 g/mol. The second kappa shape index (κ2) is 43.8. The van der Waals surface area contributed by atoms with E-state index in [9.17, 15) is 91.6 Å². The number of halogens is 1. The number of carboxylic acid groups (broad SMARTS) is 1. The number of phenols is 1. The molecular formula is C69H102FN17O19S2. The Morgan fingerprint density at radius 3 is 1.98 bits per heavy atom. The summed E-state index contributed by atoms with van der Waals surface area (Å²) in [5, 5.41) is 55.6. The van der Waals surface area contributed by atoms with E-state index in [0.717, 1.165) is 26.8 Å². The minimum Gasteiger partial charge on any atom is -0.505 e. The van der Waals surface area contributed by atoms with Crippen molar-refractivity contribution >= 4 is 120 Å². The third-order valence-corrected chi connectivity index (χ3v) is 19.3. The van der Waals surface area contributed by atoms with Gasteiger partial charge in [-0.1, -0.05) is 70.5 Å². The van der Waals surface area contributed by atoms with E-state index in [2.05, 4.69) is 83.4 Å². The fourth-order valence-electron chi connectivity index (χ4n) is 12.3. The van der Waals surface area contributed by atoms with Gasteiger partial charge in [-0.25, -0.2) is 14.0 Å². The summed E-state index contributed by atoms with van der Waals surface area (Å²) in [6.07, 6.45) is -0.596. The second-order valence-electron chi connectivity index (χ2n) is 26.9. The molecule has 0 aliphatic carbocycles. The topological polar surface area (TPSA) is 546 Å². The smallest absolute Gasteiger partial charge is 0.329 e. The van der Waals surface area contributed by atoms with Crippen LogP contribution >= 0.6 is 25.3 Å². The summed E-state index contributed by atoms with van der Waals surface area (Å²) in [6, 6.07) is -7.33. The fraction of sp³-hybridized carbons (Fsp3) is 0.594. The van der Waals surface area contributed by atoms with Crippen LogP contribution in [0.4, 0.5) is 4.39 Å². The Morgan fingerprint density at radius 2 is 1.35 bits per heavy atom. The number of esters is 1. The maximum Gasteiger partial charge on any atom is 0.329 e. The number of aliphatic hydroxyl groups excluding tert-OH is 1. The first-order valence-corrected chi connectivity index (χ1v) is 36.9. The van der Waals surface area contributed by atoms with Gasteiger partial charge in [-0.15, -0.1) is 0 Å². The number of carbonyl (C=O) groups excluding carboxylic acids is 14. The summed E-state index contributed by atoms with van der Waals surface area (Å²) in [5.41, 5.74) is 17.2. The van der Waals surface area contributed by atoms with Crippen molar-refractivity contribution in [3.63, 3.8) is 0 Å². The molecule has 1 unspecified atom stereocenters. The maximum absolute atomic E-state index is 14.9. The van der Waals surface area contributed by atoms with Gasteiger partial charge in [0.2, 0.25) is 70.9 Å². The van der Waals surface area contributed by atoms with E-state index in [0.29, 0.717) is 12.0 Å². The molecule has 3 aliphatic rings. The SMILES string of the molecule is CC[C@H](C)[C@@H]1NC(=O)COC(=O)[C@@H]2CCCN2C(=O)[C@H](CS)NC(=O)[C@H](Cc2ccccc2)N(C)C(=O)[C@H](CO)NC(=O)[C@H](CS)NC(=O)CC(C(=O)N2CCC[C@H]2C(=O)N[C@@H](CCCN=C(N)N)C(=O)O)NC(=O)CNC(=O)[C@H](C(C)C)NC(=O)[C@H](Cc2ccc(O)c(F)c2)NC(=O)[C@H](CCCCN)NC1=O. The number of aliphatic hydroxyl groups is 1. The molecule has 0 radical (unpaired) electrons. The number of aromatic hydroxyl groups is 1. The van der Waals surface area contributed by atoms with Gasteiger partial charge in [0.05, 0.1) is 19.6 Å². The molecule has 39 heteroatoms. The Balaban J connectivity index is 1.57. The number of cyclic esters (lactones) is 1. The standard InChI is InChI=1S/C69H102FN17O19S2/c1-6-37(4)56-63(99)78-41(17-10-11-23-71)57(93)80-43(28-39-21-22-51(89)40(70)27-39)58(94)84-55(36(2)3)62(98)75-31-53(91)76-44(65(101)86-25-13-19-48(86)60(96)79-42(67(103)104)18-12-24-74-69(72)73)30-52(90)77-46(34-107)59(95)81-45(32-88)64(100)85(5)50(29-38-15-8-7-9-16-38)61(97)82-47(35-108)66(102)87-26-14-20-49(87)68(105)106-33-54(92)83-56/h7-9,15-16,21-22,27,36-37,41-50,55-56,88-89,107-108H,6,10-14,17-20,23-26,28-35,71H2,1-5H3,(H,75,98)(H,76,91)(H,77,90)(H,78,99)(H,79,96)(H,80,93)(H,81,95)(H,82,97)(H,83,92)(H,84,94)(H,103,104)(H4,72,73,74)/t37-,41-,42-,43-,44?,45-,46-,47-,48-,49-,50-,55-,56-/m0/s1. The van der Waals surface area contributed by atoms with E-state index < -0.39 is 223 Å². The second-order valence-corrected chi connectivity index (χ2v) is 27.6. The van der Waals surface area contributed by atoms with E-state index in [1.807, 2.05) is 0 Å². The predicted octanol–water partition coefficient (Wildman–Crippen LogP) is -4.63. The van der Waals surface area contributed by atoms with Crippen molar-refractivity contribution in [2.45, 2.75) is 184 Å². The molecule has 0 saturated carbocycles. The number of phenolic OH excluding ortho intramolecular Hbond substituents is 1. The van der Waals surface area contributed by atoms with Crippen LogP contribution in [0.25, 0.3) is 0 Å². The number of carbonyl (C=O) groups is 15. The lowest BCUT2D eigenvalue weighted by atomic mass is 9.97. The quantitative estimate of drug-likeness (QED) is 0.0173. The average molecular weight is 1560 g/mol. The lowest BCUT2D eigenvalue weighted by molar-refractivity contribution is -0.157. The van der Waals surface area contributed by atoms with Crippen LogP contribution in [0.15, 0.2) is 53.5 Å². The molecule has 2 aromatic rings. The van der Waals surface area contributed by atoms with E-state index >= 15 is 0 Å². The molecule has 596 valence electrons. The number of benzene rings is 2. The molecule has 36 nitrogen and oxygen atoms in total. The first kappa shape index (κ1) is 88.7. The molecule has 3 aliphatic heterocycles. The normalized spacial score (nSPS) is 24.9. The van der Waals surface area contributed by atoms with Gasteiger partial charge in [-0.2, -0.15) is 25.3 Å². The number of nitrogens with two attached hydrogens (primary N) is 3. The largest absolute Gasteiger partial charge is 0.505 e. The number of carboxylic acids is 1. The third-order valence-electron chi connectivity index (χ3n) is 18.5. The molecule has 3 fully saturated rings. The first-order chi connectivity index (χ1) is 51.3. The van der Waals surface area contributed by atoms with Crippen molar-refractivity contribution in [2.75, 3.05) is 64.5 Å². The number of rotatable bonds is 22. The molecule has 5 rings (SSSR count). The van der Waals surface area contributed by atoms with E-state index in [4.69, 9.17) is 21.9 Å². The molecule has 19 N–H and O–H groups in total. The average Bonchev–Trinajstić information content (AvgIpc) is 0.959. The molecule has 0 aromatic heterocycles. The van der Waals surface area contributed by atoms with Gasteiger partial charge in [-0.05, 0) is 99.4 Å². The Bertz CT molecular complexity index is 3560. The van der Waals surface area contributed by atoms with E-state index in [1.165, 1.54) is 27.0 Å². The van der Waals surface area contributed by atoms with Crippen LogP contribution in [0.5, 0.6) is 5.75 Å². The minimum atomic E-state index is -1.94. The number of hydrogen-bond acceptors (Lipinski definition) is 22. The molecule has 13 atom stereocenters. The van der Waals surface area contributed by atoms with Crippen LogP contribution < -0.4 is 70.4 Å². The number of aliphatic imine (C=N–C) groups is 1. The molecule has 3 heterocycles. The first-order valence-electron chi connectivity index (χ1n) is 35.6. The number of unbranched alkanes of at least 4 members (excludes halogenated alkanes) is 1. The highest BCUT2D eigenvalue weighted by molar-refractivity contribution is 7.80. The summed E-state index contributed by atoms with van der Waals surface area (Å²) < 4.78 is 20.4. The van der Waals surface area contributed by atoms with Crippen LogP contribution in [-0.2, 0) is 89.5 Å². The molecule has 2 aromatic carbocycles. The number of nitrogens with one attached hydrogen (secondary N) is 10. The van der Waals surface area contributed by atoms with Crippen LogP contribution in [-0.4, -0.2) is 262 Å². The monoisotopic (exact) mass is 1560 g/mol. The zero-order chi connectivity index (χ0) is 80.1. The molecule has 13 amide bonds. The van der Waals surface area contributed by atoms with Crippen LogP contribution in [0.1, 0.15) is 109 Å². The van der Waals surface area contributed by atoms with Gasteiger partial charge in [-0.3, -0.25) is 67.3 Å². The summed E-state index contributed by atoms with van der Waals surface area (Å²) in [7, 11) is 1.19. The van der Waals surface area contributed by atoms with Gasteiger partial charge in [0, 0.05) is 51.0 Å². The number of thiol groups is 2. The summed E-state index contributed by atoms with van der Waals surface area (Å²) in [5.74, 6) is -20.1. The maximum atomic E-state index is 14.9. The van der Waals surface area contributed by atoms with Crippen molar-refractivity contribution in [2.24, 2.45) is 34.0 Å². The van der Waals surface area contributed by atoms with E-state index in [-0.39, 0.29) is 108 Å². The zero-order valence-electron chi connectivity index (χ0n) is 60.9. The van der Waals surface area contributed by atoms with Crippen LogP contribution in [0, 0.1) is 17.7 Å². The van der Waals surface area contributed by atoms with Crippen LogP contribution in [0.3, 0.4) is 0 Å². The number of nitrogens with zero attached hydrogens (tertiary/aromatic N) is 4. The van der Waals surface area contributed by atoms with Gasteiger partial charge in [0.1, 0.15) is 72.5 Å². The van der Waals surface area contributed by atoms with Gasteiger partial charge in [0.25, 0.3) is 5.91 Å². The zero-order valence-corrected chi connectivity index (χ0v) is 62.7. The van der Waals surface area contributed by atoms with Crippen molar-refractivity contribution in [1.82, 2.24) is 67.9 Å². The highest BCUT2D eigenvalue weighted by Crippen LogP contribution is 2.24. The summed E-state index contributed by atoms with van der Waals surface area (Å²) >= 11 is 8.60. The van der Waals surface area contributed by atoms with Crippen molar-refractivity contribution < 1.29 is 96.4 Å². The Labute approximate surface area is 634 Å². The number of guanidine groups is 1. The van der Waals surface area contributed by atoms with Gasteiger partial charge >= 0.3 is 11.9 Å². The fourth-order valence-corrected chi connectivity index (χ4v) is 12.8. The number of amides is 13.